The normalized spacial score (nSPS) is 13.9. The molecule has 0 aliphatic rings. The number of hydrogen-bond donors (Lipinski definition) is 1. The van der Waals surface area contributed by atoms with Gasteiger partial charge < -0.3 is 5.32 Å². The molecular formula is C17H26N4. The lowest BCUT2D eigenvalue weighted by Crippen LogP contribution is -2.21. The predicted octanol–water partition coefficient (Wildman–Crippen LogP) is 3.95. The maximum absolute atomic E-state index is 4.15. The molecule has 4 nitrogen and oxygen atoms in total. The van der Waals surface area contributed by atoms with E-state index in [9.17, 15) is 0 Å². The van der Waals surface area contributed by atoms with Crippen LogP contribution >= 0.6 is 0 Å². The van der Waals surface area contributed by atoms with Crippen molar-refractivity contribution in [2.45, 2.75) is 52.6 Å². The summed E-state index contributed by atoms with van der Waals surface area (Å²) in [6, 6.07) is 9.12. The van der Waals surface area contributed by atoms with Crippen LogP contribution in [0.25, 0.3) is 0 Å². The molecule has 1 N–H and O–H groups in total. The first kappa shape index (κ1) is 15.5. The Labute approximate surface area is 127 Å². The third kappa shape index (κ3) is 4.88. The fraction of sp³-hybridized carbons (Fsp3) is 0.529. The molecule has 0 spiro atoms. The number of nitrogens with one attached hydrogen (secondary N) is 1. The molecule has 2 unspecified atom stereocenters. The largest absolute Gasteiger partial charge is 0.382 e. The lowest BCUT2D eigenvalue weighted by atomic mass is 9.97. The van der Waals surface area contributed by atoms with E-state index in [1.165, 1.54) is 24.1 Å². The summed E-state index contributed by atoms with van der Waals surface area (Å²) in [4.78, 5) is 3.98. The topological polar surface area (TPSA) is 42.7 Å². The first-order valence-electron chi connectivity index (χ1n) is 7.89. The van der Waals surface area contributed by atoms with Gasteiger partial charge in [-0.15, -0.1) is 0 Å². The van der Waals surface area contributed by atoms with Crippen LogP contribution in [0.2, 0.25) is 0 Å². The monoisotopic (exact) mass is 286 g/mol. The van der Waals surface area contributed by atoms with Gasteiger partial charge in [-0.1, -0.05) is 39.3 Å². The zero-order valence-electron chi connectivity index (χ0n) is 13.3. The van der Waals surface area contributed by atoms with Gasteiger partial charge >= 0.3 is 0 Å². The summed E-state index contributed by atoms with van der Waals surface area (Å²) in [7, 11) is 0. The number of aromatic nitrogens is 3. The van der Waals surface area contributed by atoms with Crippen LogP contribution in [0.5, 0.6) is 0 Å². The van der Waals surface area contributed by atoms with Crippen LogP contribution in [0.3, 0.4) is 0 Å². The second kappa shape index (κ2) is 7.81. The van der Waals surface area contributed by atoms with E-state index in [2.05, 4.69) is 60.4 Å². The van der Waals surface area contributed by atoms with Gasteiger partial charge in [0, 0.05) is 11.7 Å². The maximum atomic E-state index is 4.15. The van der Waals surface area contributed by atoms with Crippen molar-refractivity contribution < 1.29 is 0 Å². The summed E-state index contributed by atoms with van der Waals surface area (Å²) in [5.41, 5.74) is 2.44. The fourth-order valence-electron chi connectivity index (χ4n) is 2.48. The Morgan fingerprint density at radius 2 is 2.10 bits per heavy atom. The lowest BCUT2D eigenvalue weighted by Gasteiger charge is -2.21. The zero-order chi connectivity index (χ0) is 15.1. The standard InChI is InChI=1S/C17H26N4/c1-4-14(3)9-16(5-2)20-17-8-6-7-15(10-17)11-21-13-18-12-19-21/h6-8,10,12-14,16,20H,4-5,9,11H2,1-3H3. The van der Waals surface area contributed by atoms with E-state index in [-0.39, 0.29) is 0 Å². The third-order valence-electron chi connectivity index (χ3n) is 3.99. The van der Waals surface area contributed by atoms with Gasteiger partial charge in [-0.3, -0.25) is 0 Å². The van der Waals surface area contributed by atoms with Crippen molar-refractivity contribution in [3.8, 4) is 0 Å². The van der Waals surface area contributed by atoms with Gasteiger partial charge in [0.15, 0.2) is 0 Å². The van der Waals surface area contributed by atoms with Gasteiger partial charge in [0.2, 0.25) is 0 Å². The van der Waals surface area contributed by atoms with Crippen LogP contribution in [-0.4, -0.2) is 20.8 Å². The molecule has 2 atom stereocenters. The average Bonchev–Trinajstić information content (AvgIpc) is 2.99. The van der Waals surface area contributed by atoms with Crippen molar-refractivity contribution in [2.24, 2.45) is 5.92 Å². The molecule has 0 amide bonds. The molecule has 4 heteroatoms. The molecule has 0 radical (unpaired) electrons. The van der Waals surface area contributed by atoms with Crippen LogP contribution in [0.1, 0.15) is 45.6 Å². The molecule has 1 aromatic heterocycles. The highest BCUT2D eigenvalue weighted by Crippen LogP contribution is 2.18. The summed E-state index contributed by atoms with van der Waals surface area (Å²) in [6.07, 6.45) is 6.93. The highest BCUT2D eigenvalue weighted by atomic mass is 15.3. The zero-order valence-corrected chi connectivity index (χ0v) is 13.3. The van der Waals surface area contributed by atoms with Crippen molar-refractivity contribution in [3.05, 3.63) is 42.5 Å². The number of hydrogen-bond acceptors (Lipinski definition) is 3. The SMILES string of the molecule is CCC(C)CC(CC)Nc1cccc(Cn2cncn2)c1. The molecule has 1 heterocycles. The Morgan fingerprint density at radius 3 is 2.76 bits per heavy atom. The molecule has 0 aliphatic carbocycles. The Kier molecular flexibility index (Phi) is 5.78. The molecule has 114 valence electrons. The molecule has 2 aromatic rings. The minimum absolute atomic E-state index is 0.543. The van der Waals surface area contributed by atoms with Crippen LogP contribution in [-0.2, 0) is 6.54 Å². The predicted molar refractivity (Wildman–Crippen MR) is 87.3 cm³/mol. The number of nitrogens with zero attached hydrogens (tertiary/aromatic N) is 3. The Hall–Kier alpha value is -1.84. The van der Waals surface area contributed by atoms with E-state index < -0.39 is 0 Å². The van der Waals surface area contributed by atoms with Gasteiger partial charge in [0.25, 0.3) is 0 Å². The third-order valence-corrected chi connectivity index (χ3v) is 3.99. The van der Waals surface area contributed by atoms with Crippen molar-refractivity contribution in [1.82, 2.24) is 14.8 Å². The summed E-state index contributed by atoms with van der Waals surface area (Å²) < 4.78 is 1.84. The molecule has 21 heavy (non-hydrogen) atoms. The van der Waals surface area contributed by atoms with E-state index in [1.54, 1.807) is 12.7 Å². The first-order chi connectivity index (χ1) is 10.2. The van der Waals surface area contributed by atoms with E-state index in [0.29, 0.717) is 6.04 Å². The minimum atomic E-state index is 0.543. The molecule has 0 fully saturated rings. The lowest BCUT2D eigenvalue weighted by molar-refractivity contribution is 0.462. The van der Waals surface area contributed by atoms with Crippen LogP contribution in [0.4, 0.5) is 5.69 Å². The van der Waals surface area contributed by atoms with Crippen LogP contribution < -0.4 is 5.32 Å². The van der Waals surface area contributed by atoms with Gasteiger partial charge in [-0.25, -0.2) is 9.67 Å². The van der Waals surface area contributed by atoms with Gasteiger partial charge in [-0.2, -0.15) is 5.10 Å². The average molecular weight is 286 g/mol. The summed E-state index contributed by atoms with van der Waals surface area (Å²) in [5.74, 6) is 0.765. The van der Waals surface area contributed by atoms with Crippen LogP contribution in [0.15, 0.2) is 36.9 Å². The molecule has 0 aliphatic heterocycles. The minimum Gasteiger partial charge on any atom is -0.382 e. The van der Waals surface area contributed by atoms with Crippen molar-refractivity contribution in [3.63, 3.8) is 0 Å². The van der Waals surface area contributed by atoms with Gasteiger partial charge in [-0.05, 0) is 36.5 Å². The fourth-order valence-corrected chi connectivity index (χ4v) is 2.48. The molecule has 0 bridgehead atoms. The second-order valence-corrected chi connectivity index (χ2v) is 5.79. The van der Waals surface area contributed by atoms with Crippen molar-refractivity contribution >= 4 is 5.69 Å². The van der Waals surface area contributed by atoms with E-state index in [4.69, 9.17) is 0 Å². The summed E-state index contributed by atoms with van der Waals surface area (Å²) in [5, 5.41) is 7.82. The quantitative estimate of drug-likeness (QED) is 0.799. The number of rotatable bonds is 8. The molecule has 2 rings (SSSR count). The van der Waals surface area contributed by atoms with Crippen LogP contribution in [0, 0.1) is 5.92 Å². The van der Waals surface area contributed by atoms with Crippen molar-refractivity contribution in [2.75, 3.05) is 5.32 Å². The second-order valence-electron chi connectivity index (χ2n) is 5.79. The molecular weight excluding hydrogens is 260 g/mol. The molecule has 1 aromatic carbocycles. The van der Waals surface area contributed by atoms with E-state index in [0.717, 1.165) is 18.9 Å². The molecule has 0 saturated carbocycles. The Morgan fingerprint density at radius 1 is 1.24 bits per heavy atom. The summed E-state index contributed by atoms with van der Waals surface area (Å²) in [6.45, 7) is 7.60. The smallest absolute Gasteiger partial charge is 0.137 e. The highest BCUT2D eigenvalue weighted by Gasteiger charge is 2.10. The number of anilines is 1. The summed E-state index contributed by atoms with van der Waals surface area (Å²) >= 11 is 0. The molecule has 0 saturated heterocycles. The maximum Gasteiger partial charge on any atom is 0.137 e. The van der Waals surface area contributed by atoms with Crippen molar-refractivity contribution in [1.29, 1.82) is 0 Å². The van der Waals surface area contributed by atoms with Gasteiger partial charge in [0.1, 0.15) is 12.7 Å². The Bertz CT molecular complexity index is 521. The highest BCUT2D eigenvalue weighted by molar-refractivity contribution is 5.46. The number of benzene rings is 1. The Balaban J connectivity index is 1.99. The first-order valence-corrected chi connectivity index (χ1v) is 7.89. The van der Waals surface area contributed by atoms with Gasteiger partial charge in [0.05, 0.1) is 6.54 Å². The van der Waals surface area contributed by atoms with E-state index in [1.807, 2.05) is 4.68 Å². The van der Waals surface area contributed by atoms with E-state index >= 15 is 0 Å².